The van der Waals surface area contributed by atoms with Crippen LogP contribution in [0.5, 0.6) is 0 Å². The highest BCUT2D eigenvalue weighted by atomic mass is 32.1. The van der Waals surface area contributed by atoms with Crippen molar-refractivity contribution in [1.29, 1.82) is 0 Å². The second-order valence-electron chi connectivity index (χ2n) is 12.4. The van der Waals surface area contributed by atoms with Crippen molar-refractivity contribution in [1.82, 2.24) is 15.0 Å². The normalized spacial score (nSPS) is 11.6. The summed E-state index contributed by atoms with van der Waals surface area (Å²) in [5.74, 6) is 1.87. The van der Waals surface area contributed by atoms with E-state index >= 15 is 0 Å². The predicted octanol–water partition coefficient (Wildman–Crippen LogP) is 12.5. The van der Waals surface area contributed by atoms with Gasteiger partial charge in [-0.15, -0.1) is 11.3 Å². The molecule has 0 fully saturated rings. The van der Waals surface area contributed by atoms with E-state index in [4.69, 9.17) is 19.4 Å². The van der Waals surface area contributed by atoms with Crippen LogP contribution in [0.2, 0.25) is 0 Å². The third kappa shape index (κ3) is 4.79. The summed E-state index contributed by atoms with van der Waals surface area (Å²) < 4.78 is 8.98. The standard InChI is InChI=1S/C45H27N3OS/c1-3-12-28(13-4-1)43-46-44(29-14-5-2-6-15-29)48-45(47-43)36-19-11-18-32(30-23-25-41-37(26-30)35-17-8-10-21-40(35)50-41)42(36)31-22-24-34-33-16-7-9-20-38(33)49-39(34)27-31/h1-27H. The van der Waals surface area contributed by atoms with E-state index in [1.165, 1.54) is 20.2 Å². The Hall–Kier alpha value is -6.43. The van der Waals surface area contributed by atoms with Gasteiger partial charge in [0.2, 0.25) is 0 Å². The minimum Gasteiger partial charge on any atom is -0.456 e. The molecule has 0 radical (unpaired) electrons. The van der Waals surface area contributed by atoms with Gasteiger partial charge in [0.05, 0.1) is 0 Å². The molecule has 0 atom stereocenters. The molecule has 3 aromatic heterocycles. The van der Waals surface area contributed by atoms with Crippen LogP contribution in [0.3, 0.4) is 0 Å². The predicted molar refractivity (Wildman–Crippen MR) is 207 cm³/mol. The van der Waals surface area contributed by atoms with Gasteiger partial charge in [-0.05, 0) is 53.1 Å². The van der Waals surface area contributed by atoms with E-state index < -0.39 is 0 Å². The van der Waals surface area contributed by atoms with Crippen molar-refractivity contribution in [3.05, 3.63) is 164 Å². The summed E-state index contributed by atoms with van der Waals surface area (Å²) in [6.45, 7) is 0. The molecule has 3 heterocycles. The van der Waals surface area contributed by atoms with Crippen LogP contribution in [-0.2, 0) is 0 Å². The van der Waals surface area contributed by atoms with E-state index in [1.807, 2.05) is 84.1 Å². The first kappa shape index (κ1) is 28.6. The highest BCUT2D eigenvalue weighted by Gasteiger charge is 2.21. The van der Waals surface area contributed by atoms with Gasteiger partial charge in [-0.25, -0.2) is 15.0 Å². The Bertz CT molecular complexity index is 2820. The molecular weight excluding hydrogens is 631 g/mol. The summed E-state index contributed by atoms with van der Waals surface area (Å²) in [6.07, 6.45) is 0. The van der Waals surface area contributed by atoms with Gasteiger partial charge in [-0.2, -0.15) is 0 Å². The number of hydrogen-bond donors (Lipinski definition) is 0. The lowest BCUT2D eigenvalue weighted by molar-refractivity contribution is 0.669. The summed E-state index contributed by atoms with van der Waals surface area (Å²) in [6, 6.07) is 56.9. The summed E-state index contributed by atoms with van der Waals surface area (Å²) in [5, 5.41) is 4.72. The van der Waals surface area contributed by atoms with Crippen molar-refractivity contribution in [3.63, 3.8) is 0 Å². The monoisotopic (exact) mass is 657 g/mol. The number of para-hydroxylation sites is 1. The first-order valence-electron chi connectivity index (χ1n) is 16.6. The van der Waals surface area contributed by atoms with Crippen LogP contribution < -0.4 is 0 Å². The average Bonchev–Trinajstić information content (AvgIpc) is 3.75. The summed E-state index contributed by atoms with van der Waals surface area (Å²) >= 11 is 1.83. The maximum absolute atomic E-state index is 6.42. The van der Waals surface area contributed by atoms with Crippen molar-refractivity contribution in [2.24, 2.45) is 0 Å². The molecule has 10 rings (SSSR count). The molecule has 0 aliphatic carbocycles. The molecule has 5 heteroatoms. The van der Waals surface area contributed by atoms with Gasteiger partial charge in [-0.3, -0.25) is 0 Å². The summed E-state index contributed by atoms with van der Waals surface area (Å²) in [4.78, 5) is 15.3. The maximum atomic E-state index is 6.42. The Balaban J connectivity index is 1.26. The van der Waals surface area contributed by atoms with Gasteiger partial charge in [0, 0.05) is 53.2 Å². The van der Waals surface area contributed by atoms with Crippen LogP contribution in [0, 0.1) is 0 Å². The van der Waals surface area contributed by atoms with E-state index in [9.17, 15) is 0 Å². The van der Waals surface area contributed by atoms with E-state index in [1.54, 1.807) is 0 Å². The van der Waals surface area contributed by atoms with Crippen molar-refractivity contribution < 1.29 is 4.42 Å². The fourth-order valence-electron chi connectivity index (χ4n) is 6.99. The number of benzene rings is 7. The minimum atomic E-state index is 0.612. The van der Waals surface area contributed by atoms with Crippen LogP contribution in [-0.4, -0.2) is 15.0 Å². The Morgan fingerprint density at radius 1 is 0.360 bits per heavy atom. The Morgan fingerprint density at radius 3 is 1.74 bits per heavy atom. The second kappa shape index (κ2) is 11.6. The molecule has 0 bridgehead atoms. The zero-order valence-corrected chi connectivity index (χ0v) is 27.6. The van der Waals surface area contributed by atoms with Crippen LogP contribution in [0.15, 0.2) is 168 Å². The number of aromatic nitrogens is 3. The van der Waals surface area contributed by atoms with Gasteiger partial charge in [0.15, 0.2) is 17.5 Å². The fraction of sp³-hybridized carbons (Fsp3) is 0. The zero-order valence-electron chi connectivity index (χ0n) is 26.7. The SMILES string of the molecule is c1ccc(-c2nc(-c3ccccc3)nc(-c3cccc(-c4ccc5sc6ccccc6c5c4)c3-c3ccc4c(c3)oc3ccccc34)n2)cc1. The quantitative estimate of drug-likeness (QED) is 0.185. The lowest BCUT2D eigenvalue weighted by Crippen LogP contribution is -2.01. The highest BCUT2D eigenvalue weighted by molar-refractivity contribution is 7.25. The molecule has 50 heavy (non-hydrogen) atoms. The molecule has 0 amide bonds. The van der Waals surface area contributed by atoms with Crippen LogP contribution in [0.4, 0.5) is 0 Å². The summed E-state index contributed by atoms with van der Waals surface area (Å²) in [7, 11) is 0. The third-order valence-corrected chi connectivity index (χ3v) is 10.5. The highest BCUT2D eigenvalue weighted by Crippen LogP contribution is 2.44. The number of fused-ring (bicyclic) bond motifs is 6. The van der Waals surface area contributed by atoms with Crippen LogP contribution in [0.25, 0.3) is 98.5 Å². The van der Waals surface area contributed by atoms with Gasteiger partial charge in [0.25, 0.3) is 0 Å². The molecule has 4 nitrogen and oxygen atoms in total. The van der Waals surface area contributed by atoms with Gasteiger partial charge >= 0.3 is 0 Å². The molecule has 234 valence electrons. The lowest BCUT2D eigenvalue weighted by atomic mass is 9.89. The molecule has 0 saturated carbocycles. The van der Waals surface area contributed by atoms with Gasteiger partial charge in [-0.1, -0.05) is 127 Å². The van der Waals surface area contributed by atoms with E-state index in [0.29, 0.717) is 17.5 Å². The lowest BCUT2D eigenvalue weighted by Gasteiger charge is -2.17. The molecule has 0 N–H and O–H groups in total. The van der Waals surface area contributed by atoms with Crippen molar-refractivity contribution in [3.8, 4) is 56.4 Å². The first-order chi connectivity index (χ1) is 24.8. The Labute approximate surface area is 292 Å². The van der Waals surface area contributed by atoms with E-state index in [-0.39, 0.29) is 0 Å². The van der Waals surface area contributed by atoms with E-state index in [0.717, 1.165) is 60.9 Å². The van der Waals surface area contributed by atoms with Crippen molar-refractivity contribution in [2.75, 3.05) is 0 Å². The van der Waals surface area contributed by atoms with Crippen LogP contribution in [0.1, 0.15) is 0 Å². The number of rotatable bonds is 5. The zero-order chi connectivity index (χ0) is 33.0. The molecule has 7 aromatic carbocycles. The number of thiophene rings is 1. The van der Waals surface area contributed by atoms with Crippen molar-refractivity contribution >= 4 is 53.4 Å². The van der Waals surface area contributed by atoms with Crippen LogP contribution >= 0.6 is 11.3 Å². The van der Waals surface area contributed by atoms with E-state index in [2.05, 4.69) is 91.0 Å². The molecule has 0 aliphatic rings. The summed E-state index contributed by atoms with van der Waals surface area (Å²) in [5.41, 5.74) is 8.80. The first-order valence-corrected chi connectivity index (χ1v) is 17.4. The molecule has 10 aromatic rings. The van der Waals surface area contributed by atoms with Gasteiger partial charge < -0.3 is 4.42 Å². The molecule has 0 unspecified atom stereocenters. The number of furan rings is 1. The smallest absolute Gasteiger partial charge is 0.164 e. The maximum Gasteiger partial charge on any atom is 0.164 e. The molecule has 0 saturated heterocycles. The number of hydrogen-bond acceptors (Lipinski definition) is 5. The van der Waals surface area contributed by atoms with Gasteiger partial charge in [0.1, 0.15) is 11.2 Å². The molecular formula is C45H27N3OS. The van der Waals surface area contributed by atoms with Crippen molar-refractivity contribution in [2.45, 2.75) is 0 Å². The number of nitrogens with zero attached hydrogens (tertiary/aromatic N) is 3. The Kier molecular flexibility index (Phi) is 6.64. The fourth-order valence-corrected chi connectivity index (χ4v) is 8.08. The molecule has 0 aliphatic heterocycles. The largest absolute Gasteiger partial charge is 0.456 e. The Morgan fingerprint density at radius 2 is 0.960 bits per heavy atom. The minimum absolute atomic E-state index is 0.612. The second-order valence-corrected chi connectivity index (χ2v) is 13.5. The molecule has 0 spiro atoms. The topological polar surface area (TPSA) is 51.8 Å². The third-order valence-electron chi connectivity index (χ3n) is 9.36. The average molecular weight is 658 g/mol.